The van der Waals surface area contributed by atoms with E-state index in [0.717, 1.165) is 16.5 Å². The van der Waals surface area contributed by atoms with E-state index >= 15 is 0 Å². The van der Waals surface area contributed by atoms with Gasteiger partial charge in [-0.05, 0) is 28.7 Å². The molecule has 2 rings (SSSR count). The maximum Gasteiger partial charge on any atom is 0.307 e. The Morgan fingerprint density at radius 1 is 1.35 bits per heavy atom. The van der Waals surface area contributed by atoms with E-state index in [1.54, 1.807) is 6.20 Å². The molecule has 0 fully saturated rings. The van der Waals surface area contributed by atoms with Crippen molar-refractivity contribution in [3.05, 3.63) is 35.5 Å². The quantitative estimate of drug-likeness (QED) is 0.834. The molecule has 3 nitrogen and oxygen atoms in total. The minimum Gasteiger partial charge on any atom is -0.481 e. The molecule has 0 spiro atoms. The van der Waals surface area contributed by atoms with Crippen molar-refractivity contribution in [1.82, 2.24) is 4.98 Å². The van der Waals surface area contributed by atoms with Gasteiger partial charge in [0, 0.05) is 17.1 Å². The SMILES string of the molecule is CC(C)(C)c1ccc2[nH]cc(CC(=O)O)c2c1. The third kappa shape index (κ3) is 2.33. The highest BCUT2D eigenvalue weighted by atomic mass is 16.4. The van der Waals surface area contributed by atoms with Crippen LogP contribution in [0.5, 0.6) is 0 Å². The van der Waals surface area contributed by atoms with Crippen LogP contribution in [0, 0.1) is 0 Å². The Hall–Kier alpha value is -1.77. The van der Waals surface area contributed by atoms with Gasteiger partial charge in [-0.25, -0.2) is 0 Å². The molecule has 0 aliphatic rings. The summed E-state index contributed by atoms with van der Waals surface area (Å²) >= 11 is 0. The molecule has 1 aromatic heterocycles. The molecule has 2 aromatic rings. The molecular formula is C14H17NO2. The lowest BCUT2D eigenvalue weighted by Crippen LogP contribution is -2.10. The smallest absolute Gasteiger partial charge is 0.307 e. The predicted molar refractivity (Wildman–Crippen MR) is 68.3 cm³/mol. The molecule has 3 heteroatoms. The molecule has 90 valence electrons. The lowest BCUT2D eigenvalue weighted by molar-refractivity contribution is -0.136. The van der Waals surface area contributed by atoms with Gasteiger partial charge >= 0.3 is 5.97 Å². The minimum absolute atomic E-state index is 0.0631. The Morgan fingerprint density at radius 3 is 2.65 bits per heavy atom. The lowest BCUT2D eigenvalue weighted by atomic mass is 9.86. The molecule has 0 unspecified atom stereocenters. The number of carbonyl (C=O) groups is 1. The van der Waals surface area contributed by atoms with Crippen molar-refractivity contribution in [2.24, 2.45) is 0 Å². The minimum atomic E-state index is -0.799. The van der Waals surface area contributed by atoms with E-state index in [1.165, 1.54) is 5.56 Å². The zero-order chi connectivity index (χ0) is 12.6. The van der Waals surface area contributed by atoms with E-state index in [0.29, 0.717) is 0 Å². The van der Waals surface area contributed by atoms with Crippen LogP contribution in [0.3, 0.4) is 0 Å². The number of hydrogen-bond acceptors (Lipinski definition) is 1. The number of hydrogen-bond donors (Lipinski definition) is 2. The third-order valence-corrected chi connectivity index (χ3v) is 2.98. The number of aliphatic carboxylic acids is 1. The second-order valence-electron chi connectivity index (χ2n) is 5.39. The average molecular weight is 231 g/mol. The fourth-order valence-electron chi connectivity index (χ4n) is 1.95. The van der Waals surface area contributed by atoms with Gasteiger partial charge in [0.25, 0.3) is 0 Å². The fraction of sp³-hybridized carbons (Fsp3) is 0.357. The third-order valence-electron chi connectivity index (χ3n) is 2.98. The maximum absolute atomic E-state index is 10.8. The summed E-state index contributed by atoms with van der Waals surface area (Å²) in [5, 5.41) is 9.87. The molecule has 0 amide bonds. The largest absolute Gasteiger partial charge is 0.481 e. The van der Waals surface area contributed by atoms with Crippen molar-refractivity contribution in [2.75, 3.05) is 0 Å². The van der Waals surface area contributed by atoms with Crippen LogP contribution in [0.1, 0.15) is 31.9 Å². The first kappa shape index (κ1) is 11.7. The zero-order valence-corrected chi connectivity index (χ0v) is 10.4. The molecule has 0 radical (unpaired) electrons. The van der Waals surface area contributed by atoms with Gasteiger partial charge in [0.15, 0.2) is 0 Å². The van der Waals surface area contributed by atoms with Gasteiger partial charge in [-0.2, -0.15) is 0 Å². The van der Waals surface area contributed by atoms with E-state index in [9.17, 15) is 4.79 Å². The van der Waals surface area contributed by atoms with Crippen molar-refractivity contribution in [3.63, 3.8) is 0 Å². The Bertz CT molecular complexity index is 561. The Labute approximate surface area is 100 Å². The molecule has 17 heavy (non-hydrogen) atoms. The van der Waals surface area contributed by atoms with Crippen molar-refractivity contribution in [2.45, 2.75) is 32.6 Å². The molecule has 0 saturated heterocycles. The molecule has 0 aliphatic carbocycles. The number of benzene rings is 1. The molecular weight excluding hydrogens is 214 g/mol. The molecule has 0 bridgehead atoms. The summed E-state index contributed by atoms with van der Waals surface area (Å²) in [4.78, 5) is 13.9. The summed E-state index contributed by atoms with van der Waals surface area (Å²) in [5.74, 6) is -0.799. The number of aromatic amines is 1. The van der Waals surface area contributed by atoms with Gasteiger partial charge in [0.2, 0.25) is 0 Å². The lowest BCUT2D eigenvalue weighted by Gasteiger charge is -2.19. The zero-order valence-electron chi connectivity index (χ0n) is 10.4. The highest BCUT2D eigenvalue weighted by molar-refractivity contribution is 5.87. The molecule has 0 saturated carbocycles. The van der Waals surface area contributed by atoms with Crippen LogP contribution < -0.4 is 0 Å². The Balaban J connectivity index is 2.54. The number of aromatic nitrogens is 1. The number of rotatable bonds is 2. The van der Waals surface area contributed by atoms with E-state index in [2.05, 4.69) is 37.9 Å². The average Bonchev–Trinajstić information content (AvgIpc) is 2.59. The number of fused-ring (bicyclic) bond motifs is 1. The first-order chi connectivity index (χ1) is 7.88. The van der Waals surface area contributed by atoms with Crippen LogP contribution in [0.25, 0.3) is 10.9 Å². The van der Waals surface area contributed by atoms with Crippen LogP contribution in [0.15, 0.2) is 24.4 Å². The van der Waals surface area contributed by atoms with Gasteiger partial charge in [0.1, 0.15) is 0 Å². The van der Waals surface area contributed by atoms with Crippen molar-refractivity contribution >= 4 is 16.9 Å². The van der Waals surface area contributed by atoms with Crippen molar-refractivity contribution < 1.29 is 9.90 Å². The molecule has 1 heterocycles. The topological polar surface area (TPSA) is 53.1 Å². The molecule has 0 aliphatic heterocycles. The van der Waals surface area contributed by atoms with Crippen LogP contribution in [0.4, 0.5) is 0 Å². The summed E-state index contributed by atoms with van der Waals surface area (Å²) in [6.07, 6.45) is 1.85. The predicted octanol–water partition coefficient (Wildman–Crippen LogP) is 3.09. The van der Waals surface area contributed by atoms with E-state index in [-0.39, 0.29) is 11.8 Å². The van der Waals surface area contributed by atoms with Crippen LogP contribution in [-0.4, -0.2) is 16.1 Å². The second-order valence-corrected chi connectivity index (χ2v) is 5.39. The first-order valence-electron chi connectivity index (χ1n) is 5.70. The highest BCUT2D eigenvalue weighted by Gasteiger charge is 2.15. The van der Waals surface area contributed by atoms with E-state index < -0.39 is 5.97 Å². The fourth-order valence-corrected chi connectivity index (χ4v) is 1.95. The Morgan fingerprint density at radius 2 is 2.06 bits per heavy atom. The Kier molecular flexibility index (Phi) is 2.69. The van der Waals surface area contributed by atoms with Gasteiger partial charge in [-0.15, -0.1) is 0 Å². The van der Waals surface area contributed by atoms with Crippen molar-refractivity contribution in [3.8, 4) is 0 Å². The number of H-pyrrole nitrogens is 1. The summed E-state index contributed by atoms with van der Waals surface area (Å²) in [6, 6.07) is 6.19. The number of carboxylic acids is 1. The van der Waals surface area contributed by atoms with E-state index in [1.807, 2.05) is 6.07 Å². The van der Waals surface area contributed by atoms with Crippen LogP contribution >= 0.6 is 0 Å². The maximum atomic E-state index is 10.8. The monoisotopic (exact) mass is 231 g/mol. The summed E-state index contributed by atoms with van der Waals surface area (Å²) < 4.78 is 0. The second kappa shape index (κ2) is 3.91. The van der Waals surface area contributed by atoms with E-state index in [4.69, 9.17) is 5.11 Å². The number of nitrogens with one attached hydrogen (secondary N) is 1. The number of carboxylic acid groups (broad SMARTS) is 1. The standard InChI is InChI=1S/C14H17NO2/c1-14(2,3)10-4-5-12-11(7-10)9(8-15-12)6-13(16)17/h4-5,7-8,15H,6H2,1-3H3,(H,16,17). The molecule has 1 aromatic carbocycles. The summed E-state index contributed by atoms with van der Waals surface area (Å²) in [6.45, 7) is 6.45. The van der Waals surface area contributed by atoms with Gasteiger partial charge in [0.05, 0.1) is 6.42 Å². The summed E-state index contributed by atoms with van der Waals surface area (Å²) in [7, 11) is 0. The highest BCUT2D eigenvalue weighted by Crippen LogP contribution is 2.27. The normalized spacial score (nSPS) is 11.9. The van der Waals surface area contributed by atoms with Gasteiger partial charge in [-0.3, -0.25) is 4.79 Å². The van der Waals surface area contributed by atoms with Crippen molar-refractivity contribution in [1.29, 1.82) is 0 Å². The molecule has 0 atom stereocenters. The first-order valence-corrected chi connectivity index (χ1v) is 5.70. The molecule has 2 N–H and O–H groups in total. The van der Waals surface area contributed by atoms with Gasteiger partial charge < -0.3 is 10.1 Å². The van der Waals surface area contributed by atoms with Crippen LogP contribution in [0.2, 0.25) is 0 Å². The van der Waals surface area contributed by atoms with Crippen LogP contribution in [-0.2, 0) is 16.6 Å². The van der Waals surface area contributed by atoms with Gasteiger partial charge in [-0.1, -0.05) is 26.8 Å². The summed E-state index contributed by atoms with van der Waals surface area (Å²) in [5.41, 5.74) is 3.13.